The lowest BCUT2D eigenvalue weighted by Crippen LogP contribution is -2.65. The van der Waals surface area contributed by atoms with Crippen molar-refractivity contribution in [2.45, 2.75) is 141 Å². The topological polar surface area (TPSA) is 53.6 Å². The maximum atomic E-state index is 13.4. The Kier molecular flexibility index (Phi) is 13.0. The van der Waals surface area contributed by atoms with Gasteiger partial charge in [0.2, 0.25) is 0 Å². The Labute approximate surface area is 271 Å². The first-order chi connectivity index (χ1) is 20.2. The van der Waals surface area contributed by atoms with Crippen molar-refractivity contribution in [3.05, 3.63) is 25.3 Å². The molecule has 0 aromatic carbocycles. The Balaban J connectivity index is 2.05. The number of hydrogen-bond donors (Lipinski definition) is 0. The number of piperidine rings is 2. The molecule has 4 amide bonds. The number of likely N-dealkylation sites (tertiary alicyclic amines) is 2. The van der Waals surface area contributed by atoms with Gasteiger partial charge in [-0.05, 0) is 93.9 Å². The fourth-order valence-corrected chi connectivity index (χ4v) is 8.52. The summed E-state index contributed by atoms with van der Waals surface area (Å²) in [4.78, 5) is 39.7. The fraction of sp³-hybridized carbons (Fsp3) is 0.833. The summed E-state index contributed by atoms with van der Waals surface area (Å²) in [6.07, 6.45) is 11.8. The number of hydrogen-bond acceptors (Lipinski definition) is 4. The molecule has 0 aliphatic carbocycles. The maximum Gasteiger partial charge on any atom is 0.319 e. The molecule has 0 unspecified atom stereocenters. The highest BCUT2D eigenvalue weighted by molar-refractivity contribution is 5.74. The number of amides is 4. The van der Waals surface area contributed by atoms with Crippen molar-refractivity contribution in [3.8, 4) is 0 Å². The van der Waals surface area contributed by atoms with E-state index in [0.717, 1.165) is 77.5 Å². The molecule has 0 aromatic rings. The van der Waals surface area contributed by atoms with E-state index < -0.39 is 0 Å². The Bertz CT molecular complexity index is 871. The molecule has 2 heterocycles. The van der Waals surface area contributed by atoms with Crippen LogP contribution in [0, 0.1) is 0 Å². The number of carbonyl (C=O) groups is 2. The average molecular weight is 617 g/mol. The molecule has 8 nitrogen and oxygen atoms in total. The zero-order chi connectivity index (χ0) is 33.7. The van der Waals surface area contributed by atoms with Gasteiger partial charge in [0.25, 0.3) is 0 Å². The molecule has 2 saturated heterocycles. The minimum absolute atomic E-state index is 0.0289. The summed E-state index contributed by atoms with van der Waals surface area (Å²) >= 11 is 0. The predicted molar refractivity (Wildman–Crippen MR) is 186 cm³/mol. The molecular formula is C36H68N6O2. The summed E-state index contributed by atoms with van der Waals surface area (Å²) in [6, 6.07) is 0.606. The third kappa shape index (κ3) is 9.24. The van der Waals surface area contributed by atoms with Gasteiger partial charge >= 0.3 is 12.1 Å². The second-order valence-electron chi connectivity index (χ2n) is 16.3. The Morgan fingerprint density at radius 1 is 0.591 bits per heavy atom. The Morgan fingerprint density at radius 2 is 0.864 bits per heavy atom. The van der Waals surface area contributed by atoms with Crippen LogP contribution in [0.5, 0.6) is 0 Å². The molecular weight excluding hydrogens is 548 g/mol. The number of rotatable bonds is 13. The van der Waals surface area contributed by atoms with Gasteiger partial charge in [-0.25, -0.2) is 9.59 Å². The van der Waals surface area contributed by atoms with Crippen molar-refractivity contribution < 1.29 is 9.59 Å². The van der Waals surface area contributed by atoms with Gasteiger partial charge in [0.15, 0.2) is 0 Å². The molecule has 0 radical (unpaired) electrons. The standard InChI is InChI=1S/C36H68N6O2/c1-15-21-41-33(3,4)25-29(26-34(41,5)6)39(31(43)37(11)12)23-19-17-18-20-24-40(32(44)38(13)14)30-27-35(7,8)42(22-16-2)36(9,10)28-30/h15-16,29-30H,1-2,17-28H2,3-14H3. The van der Waals surface area contributed by atoms with Gasteiger partial charge < -0.3 is 19.6 Å². The first-order valence-electron chi connectivity index (χ1n) is 16.9. The van der Waals surface area contributed by atoms with Crippen LogP contribution in [-0.4, -0.2) is 130 Å². The lowest BCUT2D eigenvalue weighted by Gasteiger charge is -2.57. The van der Waals surface area contributed by atoms with Crippen LogP contribution in [0.15, 0.2) is 25.3 Å². The molecule has 2 fully saturated rings. The predicted octanol–water partition coefficient (Wildman–Crippen LogP) is 6.93. The van der Waals surface area contributed by atoms with Crippen molar-refractivity contribution in [2.24, 2.45) is 0 Å². The molecule has 254 valence electrons. The van der Waals surface area contributed by atoms with E-state index in [0.29, 0.717) is 0 Å². The first kappa shape index (κ1) is 38.1. The van der Waals surface area contributed by atoms with Crippen LogP contribution < -0.4 is 0 Å². The molecule has 0 spiro atoms. The zero-order valence-corrected chi connectivity index (χ0v) is 30.7. The minimum Gasteiger partial charge on any atom is -0.331 e. The van der Waals surface area contributed by atoms with Gasteiger partial charge in [0.1, 0.15) is 0 Å². The monoisotopic (exact) mass is 617 g/mol. The van der Waals surface area contributed by atoms with Crippen molar-refractivity contribution in [3.63, 3.8) is 0 Å². The fourth-order valence-electron chi connectivity index (χ4n) is 8.52. The first-order valence-corrected chi connectivity index (χ1v) is 16.9. The molecule has 0 saturated carbocycles. The molecule has 0 aromatic heterocycles. The third-order valence-electron chi connectivity index (χ3n) is 10.2. The Hall–Kier alpha value is -2.06. The van der Waals surface area contributed by atoms with Crippen molar-refractivity contribution in [1.29, 1.82) is 0 Å². The highest BCUT2D eigenvalue weighted by Gasteiger charge is 2.48. The van der Waals surface area contributed by atoms with Crippen LogP contribution >= 0.6 is 0 Å². The quantitative estimate of drug-likeness (QED) is 0.166. The summed E-state index contributed by atoms with van der Waals surface area (Å²) in [6.45, 7) is 29.6. The summed E-state index contributed by atoms with van der Waals surface area (Å²) in [5.41, 5.74) is -0.116. The largest absolute Gasteiger partial charge is 0.331 e. The van der Waals surface area contributed by atoms with Gasteiger partial charge in [0.05, 0.1) is 0 Å². The van der Waals surface area contributed by atoms with E-state index in [1.165, 1.54) is 0 Å². The van der Waals surface area contributed by atoms with Gasteiger partial charge in [-0.15, -0.1) is 13.2 Å². The van der Waals surface area contributed by atoms with Crippen LogP contribution in [0.2, 0.25) is 0 Å². The molecule has 0 bridgehead atoms. The van der Waals surface area contributed by atoms with Crippen LogP contribution in [0.1, 0.15) is 107 Å². The van der Waals surface area contributed by atoms with Crippen molar-refractivity contribution >= 4 is 12.1 Å². The van der Waals surface area contributed by atoms with E-state index >= 15 is 0 Å². The highest BCUT2D eigenvalue weighted by atomic mass is 16.2. The van der Waals surface area contributed by atoms with Crippen LogP contribution in [0.25, 0.3) is 0 Å². The summed E-state index contributed by atoms with van der Waals surface area (Å²) in [5, 5.41) is 0. The van der Waals surface area contributed by atoms with Gasteiger partial charge in [-0.2, -0.15) is 0 Å². The van der Waals surface area contributed by atoms with Crippen molar-refractivity contribution in [2.75, 3.05) is 54.4 Å². The summed E-state index contributed by atoms with van der Waals surface area (Å²) < 4.78 is 0. The van der Waals surface area contributed by atoms with E-state index in [1.54, 1.807) is 9.80 Å². The van der Waals surface area contributed by atoms with Crippen molar-refractivity contribution in [1.82, 2.24) is 29.4 Å². The molecule has 0 N–H and O–H groups in total. The number of urea groups is 2. The van der Waals surface area contributed by atoms with Gasteiger partial charge in [-0.3, -0.25) is 9.80 Å². The molecule has 0 atom stereocenters. The smallest absolute Gasteiger partial charge is 0.319 e. The molecule has 2 aliphatic rings. The van der Waals surface area contributed by atoms with E-state index in [9.17, 15) is 9.59 Å². The lowest BCUT2D eigenvalue weighted by atomic mass is 9.76. The summed E-state index contributed by atoms with van der Waals surface area (Å²) in [5.74, 6) is 0. The maximum absolute atomic E-state index is 13.4. The molecule has 8 heteroatoms. The van der Waals surface area contributed by atoms with E-state index in [2.05, 4.69) is 88.1 Å². The van der Waals surface area contributed by atoms with Crippen LogP contribution in [0.3, 0.4) is 0 Å². The minimum atomic E-state index is -0.0289. The van der Waals surface area contributed by atoms with Crippen LogP contribution in [-0.2, 0) is 0 Å². The van der Waals surface area contributed by atoms with E-state index in [-0.39, 0.29) is 46.3 Å². The number of nitrogens with zero attached hydrogens (tertiary/aromatic N) is 6. The zero-order valence-electron chi connectivity index (χ0n) is 30.7. The number of carbonyl (C=O) groups excluding carboxylic acids is 2. The number of unbranched alkanes of at least 4 members (excludes halogenated alkanes) is 3. The van der Waals surface area contributed by atoms with Gasteiger partial charge in [0, 0.05) is 88.6 Å². The molecule has 44 heavy (non-hydrogen) atoms. The summed E-state index contributed by atoms with van der Waals surface area (Å²) in [7, 11) is 7.44. The Morgan fingerprint density at radius 3 is 1.09 bits per heavy atom. The van der Waals surface area contributed by atoms with Crippen LogP contribution in [0.4, 0.5) is 9.59 Å². The average Bonchev–Trinajstić information content (AvgIpc) is 2.88. The second kappa shape index (κ2) is 15.0. The van der Waals surface area contributed by atoms with Gasteiger partial charge in [-0.1, -0.05) is 25.0 Å². The SMILES string of the molecule is C=CCN1C(C)(C)CC(N(CCCCCCN(C(=O)N(C)C)C2CC(C)(C)N(CC=C)C(C)(C)C2)C(=O)N(C)C)CC1(C)C. The lowest BCUT2D eigenvalue weighted by molar-refractivity contribution is -0.0523. The normalized spacial score (nSPS) is 21.8. The third-order valence-corrected chi connectivity index (χ3v) is 10.2. The molecule has 2 rings (SSSR count). The highest BCUT2D eigenvalue weighted by Crippen LogP contribution is 2.42. The molecule has 2 aliphatic heterocycles. The second-order valence-corrected chi connectivity index (χ2v) is 16.3. The van der Waals surface area contributed by atoms with E-state index in [4.69, 9.17) is 0 Å². The van der Waals surface area contributed by atoms with E-state index in [1.807, 2.05) is 40.3 Å².